The normalized spacial score (nSPS) is 24.1. The van der Waals surface area contributed by atoms with Crippen molar-refractivity contribution in [2.45, 2.75) is 37.8 Å². The van der Waals surface area contributed by atoms with Crippen molar-refractivity contribution in [2.75, 3.05) is 26.7 Å². The molecule has 2 aliphatic rings. The van der Waals surface area contributed by atoms with E-state index in [4.69, 9.17) is 4.74 Å². The van der Waals surface area contributed by atoms with Gasteiger partial charge in [0.05, 0.1) is 13.2 Å². The van der Waals surface area contributed by atoms with E-state index in [1.54, 1.807) is 19.4 Å². The minimum atomic E-state index is -0.0306. The van der Waals surface area contributed by atoms with Crippen LogP contribution >= 0.6 is 0 Å². The van der Waals surface area contributed by atoms with Gasteiger partial charge in [-0.25, -0.2) is 4.98 Å². The highest BCUT2D eigenvalue weighted by Crippen LogP contribution is 2.28. The van der Waals surface area contributed by atoms with E-state index < -0.39 is 0 Å². The molecule has 1 unspecified atom stereocenters. The third kappa shape index (κ3) is 2.94. The van der Waals surface area contributed by atoms with Gasteiger partial charge >= 0.3 is 0 Å². The number of ketones is 1. The molecule has 1 N–H and O–H groups in total. The number of Topliss-reactive ketones (excluding diaryl/α,β-unsaturated/α-hetero) is 1. The standard InChI is InChI=1S/C16H23N3O2/c1-21-14-5-2-8-18-15(14)16(20)13-4-3-11-19(13)12-6-9-17-10-7-12/h2,5,8,12-13,17H,3-4,6-7,9-11H2,1H3. The molecule has 2 aliphatic heterocycles. The first-order valence-corrected chi connectivity index (χ1v) is 7.81. The van der Waals surface area contributed by atoms with Gasteiger partial charge in [-0.05, 0) is 57.5 Å². The third-order valence-corrected chi connectivity index (χ3v) is 4.60. The van der Waals surface area contributed by atoms with Crippen LogP contribution in [0.4, 0.5) is 0 Å². The van der Waals surface area contributed by atoms with Crippen molar-refractivity contribution in [1.29, 1.82) is 0 Å². The van der Waals surface area contributed by atoms with Gasteiger partial charge in [0.2, 0.25) is 5.78 Å². The number of piperidine rings is 1. The van der Waals surface area contributed by atoms with E-state index in [1.807, 2.05) is 6.07 Å². The Hall–Kier alpha value is -1.46. The van der Waals surface area contributed by atoms with E-state index in [9.17, 15) is 4.79 Å². The summed E-state index contributed by atoms with van der Waals surface area (Å²) in [6.45, 7) is 3.13. The highest BCUT2D eigenvalue weighted by molar-refractivity contribution is 6.00. The van der Waals surface area contributed by atoms with E-state index in [0.29, 0.717) is 17.5 Å². The predicted molar refractivity (Wildman–Crippen MR) is 80.7 cm³/mol. The summed E-state index contributed by atoms with van der Waals surface area (Å²) in [7, 11) is 1.59. The van der Waals surface area contributed by atoms with Crippen molar-refractivity contribution in [3.63, 3.8) is 0 Å². The molecular weight excluding hydrogens is 266 g/mol. The van der Waals surface area contributed by atoms with Crippen LogP contribution in [0.5, 0.6) is 5.75 Å². The summed E-state index contributed by atoms with van der Waals surface area (Å²) in [5.41, 5.74) is 0.478. The predicted octanol–water partition coefficient (Wildman–Crippen LogP) is 1.49. The molecule has 0 bridgehead atoms. The molecule has 3 heterocycles. The lowest BCUT2D eigenvalue weighted by atomic mass is 10.0. The molecule has 5 heteroatoms. The number of hydrogen-bond donors (Lipinski definition) is 1. The third-order valence-electron chi connectivity index (χ3n) is 4.60. The van der Waals surface area contributed by atoms with Gasteiger partial charge in [-0.2, -0.15) is 0 Å². The fourth-order valence-corrected chi connectivity index (χ4v) is 3.54. The summed E-state index contributed by atoms with van der Waals surface area (Å²) in [4.78, 5) is 19.5. The van der Waals surface area contributed by atoms with Crippen LogP contribution in [0.1, 0.15) is 36.2 Å². The zero-order valence-corrected chi connectivity index (χ0v) is 12.5. The van der Waals surface area contributed by atoms with Crippen LogP contribution in [0.15, 0.2) is 18.3 Å². The smallest absolute Gasteiger partial charge is 0.202 e. The molecule has 0 amide bonds. The first-order chi connectivity index (χ1) is 10.3. The highest BCUT2D eigenvalue weighted by atomic mass is 16.5. The van der Waals surface area contributed by atoms with Crippen molar-refractivity contribution in [3.05, 3.63) is 24.0 Å². The Bertz CT molecular complexity index is 500. The van der Waals surface area contributed by atoms with Gasteiger partial charge in [0.1, 0.15) is 11.4 Å². The summed E-state index contributed by atoms with van der Waals surface area (Å²) in [5, 5.41) is 3.39. The van der Waals surface area contributed by atoms with Gasteiger partial charge in [-0.3, -0.25) is 9.69 Å². The Morgan fingerprint density at radius 1 is 1.38 bits per heavy atom. The molecule has 0 spiro atoms. The molecule has 5 nitrogen and oxygen atoms in total. The molecule has 1 atom stereocenters. The number of carbonyl (C=O) groups is 1. The first-order valence-electron chi connectivity index (χ1n) is 7.81. The number of pyridine rings is 1. The molecular formula is C16H23N3O2. The number of aromatic nitrogens is 1. The number of rotatable bonds is 4. The van der Waals surface area contributed by atoms with Crippen LogP contribution in [0.3, 0.4) is 0 Å². The van der Waals surface area contributed by atoms with Crippen LogP contribution < -0.4 is 10.1 Å². The summed E-state index contributed by atoms with van der Waals surface area (Å²) in [6, 6.07) is 4.10. The Balaban J connectivity index is 1.79. The molecule has 2 saturated heterocycles. The minimum Gasteiger partial charge on any atom is -0.494 e. The Morgan fingerprint density at radius 3 is 2.95 bits per heavy atom. The van der Waals surface area contributed by atoms with Gasteiger partial charge in [-0.15, -0.1) is 0 Å². The second kappa shape index (κ2) is 6.54. The summed E-state index contributed by atoms with van der Waals surface area (Å²) in [5.74, 6) is 0.697. The lowest BCUT2D eigenvalue weighted by molar-refractivity contribution is 0.0775. The fourth-order valence-electron chi connectivity index (χ4n) is 3.54. The Morgan fingerprint density at radius 2 is 2.19 bits per heavy atom. The molecule has 114 valence electrons. The maximum absolute atomic E-state index is 12.9. The maximum atomic E-state index is 12.9. The van der Waals surface area contributed by atoms with Gasteiger partial charge in [0, 0.05) is 12.2 Å². The van der Waals surface area contributed by atoms with Crippen LogP contribution in [0, 0.1) is 0 Å². The molecule has 2 fully saturated rings. The van der Waals surface area contributed by atoms with Crippen molar-refractivity contribution in [1.82, 2.24) is 15.2 Å². The molecule has 3 rings (SSSR count). The number of likely N-dealkylation sites (tertiary alicyclic amines) is 1. The number of nitrogens with zero attached hydrogens (tertiary/aromatic N) is 2. The minimum absolute atomic E-state index is 0.0306. The molecule has 21 heavy (non-hydrogen) atoms. The maximum Gasteiger partial charge on any atom is 0.202 e. The summed E-state index contributed by atoms with van der Waals surface area (Å²) in [6.07, 6.45) is 5.95. The van der Waals surface area contributed by atoms with Gasteiger partial charge in [-0.1, -0.05) is 0 Å². The number of hydrogen-bond acceptors (Lipinski definition) is 5. The molecule has 1 aromatic heterocycles. The second-order valence-electron chi connectivity index (χ2n) is 5.80. The highest BCUT2D eigenvalue weighted by Gasteiger charge is 2.37. The van der Waals surface area contributed by atoms with E-state index in [1.165, 1.54) is 0 Å². The molecule has 1 aromatic rings. The molecule has 0 aliphatic carbocycles. The van der Waals surface area contributed by atoms with Gasteiger partial charge in [0.25, 0.3) is 0 Å². The number of methoxy groups -OCH3 is 1. The molecule has 0 saturated carbocycles. The second-order valence-corrected chi connectivity index (χ2v) is 5.80. The van der Waals surface area contributed by atoms with Crippen molar-refractivity contribution < 1.29 is 9.53 Å². The number of nitrogens with one attached hydrogen (secondary N) is 1. The van der Waals surface area contributed by atoms with Crippen molar-refractivity contribution in [2.24, 2.45) is 0 Å². The van der Waals surface area contributed by atoms with E-state index in [2.05, 4.69) is 15.2 Å². The van der Waals surface area contributed by atoms with Crippen molar-refractivity contribution in [3.8, 4) is 5.75 Å². The fraction of sp³-hybridized carbons (Fsp3) is 0.625. The SMILES string of the molecule is COc1cccnc1C(=O)C1CCCN1C1CCNCC1. The van der Waals surface area contributed by atoms with Crippen LogP contribution in [-0.2, 0) is 0 Å². The van der Waals surface area contributed by atoms with Crippen molar-refractivity contribution >= 4 is 5.78 Å². The average molecular weight is 289 g/mol. The quantitative estimate of drug-likeness (QED) is 0.851. The van der Waals surface area contributed by atoms with Gasteiger partial charge < -0.3 is 10.1 Å². The molecule has 0 radical (unpaired) electrons. The topological polar surface area (TPSA) is 54.5 Å². The summed E-state index contributed by atoms with van der Waals surface area (Å²) >= 11 is 0. The van der Waals surface area contributed by atoms with E-state index in [0.717, 1.165) is 45.3 Å². The largest absolute Gasteiger partial charge is 0.494 e. The van der Waals surface area contributed by atoms with Crippen LogP contribution in [-0.4, -0.2) is 54.5 Å². The zero-order valence-electron chi connectivity index (χ0n) is 12.5. The van der Waals surface area contributed by atoms with E-state index in [-0.39, 0.29) is 11.8 Å². The summed E-state index contributed by atoms with van der Waals surface area (Å²) < 4.78 is 5.29. The van der Waals surface area contributed by atoms with Crippen LogP contribution in [0.2, 0.25) is 0 Å². The zero-order chi connectivity index (χ0) is 14.7. The first kappa shape index (κ1) is 14.5. The average Bonchev–Trinajstić information content (AvgIpc) is 3.04. The monoisotopic (exact) mass is 289 g/mol. The lowest BCUT2D eigenvalue weighted by Crippen LogP contribution is -2.48. The lowest BCUT2D eigenvalue weighted by Gasteiger charge is -2.35. The Labute approximate surface area is 125 Å². The molecule has 0 aromatic carbocycles. The van der Waals surface area contributed by atoms with Gasteiger partial charge in [0.15, 0.2) is 0 Å². The Kier molecular flexibility index (Phi) is 4.51. The number of ether oxygens (including phenoxy) is 1. The van der Waals surface area contributed by atoms with E-state index >= 15 is 0 Å². The number of carbonyl (C=O) groups excluding carboxylic acids is 1. The van der Waals surface area contributed by atoms with Crippen LogP contribution in [0.25, 0.3) is 0 Å².